The van der Waals surface area contributed by atoms with Crippen molar-refractivity contribution in [3.05, 3.63) is 39.9 Å². The van der Waals surface area contributed by atoms with E-state index in [4.69, 9.17) is 14.9 Å². The minimum Gasteiger partial charge on any atom is -0.445 e. The smallest absolute Gasteiger partial charge is 0.410 e. The quantitative estimate of drug-likeness (QED) is 0.172. The lowest BCUT2D eigenvalue weighted by Crippen LogP contribution is -2.44. The Balaban J connectivity index is 1.98. The Morgan fingerprint density at radius 3 is 2.46 bits per heavy atom. The van der Waals surface area contributed by atoms with Gasteiger partial charge in [0.25, 0.3) is 5.69 Å². The van der Waals surface area contributed by atoms with Gasteiger partial charge in [-0.1, -0.05) is 20.8 Å². The summed E-state index contributed by atoms with van der Waals surface area (Å²) in [4.78, 5) is 47.7. The maximum absolute atomic E-state index is 13.0. The van der Waals surface area contributed by atoms with E-state index in [0.29, 0.717) is 30.0 Å². The Bertz CT molecular complexity index is 969. The van der Waals surface area contributed by atoms with Crippen molar-refractivity contribution in [3.63, 3.8) is 0 Å². The number of nitrogens with two attached hydrogens (primary N) is 1. The molecule has 0 radical (unpaired) electrons. The summed E-state index contributed by atoms with van der Waals surface area (Å²) in [5.74, 6) is 0.284. The number of thioether (sulfide) groups is 1. The summed E-state index contributed by atoms with van der Waals surface area (Å²) in [6.07, 6.45) is 0.320. The number of nitrogens with one attached hydrogen (secondary N) is 1. The first-order chi connectivity index (χ1) is 17.2. The molecule has 1 aromatic carbocycles. The summed E-state index contributed by atoms with van der Waals surface area (Å²) >= 11 is 1.54. The van der Waals surface area contributed by atoms with Crippen LogP contribution in [0.2, 0.25) is 18.1 Å². The zero-order chi connectivity index (χ0) is 27.8. The number of rotatable bonds is 12. The molecule has 206 valence electrons. The van der Waals surface area contributed by atoms with Gasteiger partial charge in [-0.2, -0.15) is 11.8 Å². The highest BCUT2D eigenvalue weighted by Crippen LogP contribution is 2.39. The number of benzene rings is 1. The Morgan fingerprint density at radius 1 is 1.24 bits per heavy atom. The standard InChI is InChI=1S/C24H38N4O7SSi/c1-24(2,3)37(4,5)35-20-12-19(16-36-11-10-22(30)26-13-21(25)29)27(14-20)23(31)34-15-17-6-8-18(9-7-17)28(32)33/h6-9,19-20H,10-16H2,1-5H3,(H2,25,29)(H,26,30)/t19-,20+/m0/s1. The number of nitro groups is 1. The molecule has 1 heterocycles. The van der Waals surface area contributed by atoms with E-state index in [9.17, 15) is 24.5 Å². The van der Waals surface area contributed by atoms with Crippen molar-refractivity contribution in [2.75, 3.05) is 24.6 Å². The van der Waals surface area contributed by atoms with Crippen molar-refractivity contribution in [2.45, 2.75) is 70.5 Å². The van der Waals surface area contributed by atoms with Gasteiger partial charge >= 0.3 is 6.09 Å². The van der Waals surface area contributed by atoms with E-state index in [1.54, 1.807) is 28.8 Å². The molecule has 1 aliphatic heterocycles. The molecule has 0 unspecified atom stereocenters. The van der Waals surface area contributed by atoms with Gasteiger partial charge in [0.1, 0.15) is 6.61 Å². The Hall–Kier alpha value is -2.64. The summed E-state index contributed by atoms with van der Waals surface area (Å²) in [5, 5.41) is 13.3. The Labute approximate surface area is 223 Å². The zero-order valence-electron chi connectivity index (χ0n) is 22.2. The number of hydrogen-bond donors (Lipinski definition) is 2. The maximum Gasteiger partial charge on any atom is 0.410 e. The first-order valence-electron chi connectivity index (χ1n) is 12.2. The minimum absolute atomic E-state index is 0.000975. The van der Waals surface area contributed by atoms with E-state index in [0.717, 1.165) is 0 Å². The number of primary amides is 1. The van der Waals surface area contributed by atoms with Crippen LogP contribution in [0.4, 0.5) is 10.5 Å². The molecule has 1 aliphatic rings. The molecule has 0 spiro atoms. The van der Waals surface area contributed by atoms with Gasteiger partial charge in [0.05, 0.1) is 17.6 Å². The molecule has 11 nitrogen and oxygen atoms in total. The highest BCUT2D eigenvalue weighted by atomic mass is 32.2. The summed E-state index contributed by atoms with van der Waals surface area (Å²) in [7, 11) is -2.05. The fourth-order valence-electron chi connectivity index (χ4n) is 3.53. The van der Waals surface area contributed by atoms with Crippen LogP contribution in [0.25, 0.3) is 0 Å². The largest absolute Gasteiger partial charge is 0.445 e. The van der Waals surface area contributed by atoms with E-state index in [1.165, 1.54) is 12.1 Å². The lowest BCUT2D eigenvalue weighted by molar-refractivity contribution is -0.384. The fourth-order valence-corrected chi connectivity index (χ4v) is 5.98. The summed E-state index contributed by atoms with van der Waals surface area (Å²) in [6.45, 7) is 11.1. The lowest BCUT2D eigenvalue weighted by atomic mass is 10.2. The second-order valence-corrected chi connectivity index (χ2v) is 16.5. The first kappa shape index (κ1) is 30.6. The summed E-state index contributed by atoms with van der Waals surface area (Å²) in [5.41, 5.74) is 5.67. The first-order valence-corrected chi connectivity index (χ1v) is 16.2. The monoisotopic (exact) mass is 554 g/mol. The molecular formula is C24H38N4O7SSi. The molecule has 37 heavy (non-hydrogen) atoms. The number of carbonyl (C=O) groups is 3. The number of non-ortho nitro benzene ring substituents is 1. The maximum atomic E-state index is 13.0. The van der Waals surface area contributed by atoms with Crippen molar-refractivity contribution in [1.29, 1.82) is 0 Å². The topological polar surface area (TPSA) is 154 Å². The van der Waals surface area contributed by atoms with Gasteiger partial charge < -0.3 is 25.1 Å². The molecular weight excluding hydrogens is 516 g/mol. The van der Waals surface area contributed by atoms with E-state index in [2.05, 4.69) is 39.2 Å². The molecule has 1 fully saturated rings. The van der Waals surface area contributed by atoms with E-state index in [1.807, 2.05) is 0 Å². The van der Waals surface area contributed by atoms with Gasteiger partial charge in [0.2, 0.25) is 11.8 Å². The SMILES string of the molecule is CC(C)(C)[Si](C)(C)O[C@@H]1C[C@@H](CSCCC(=O)NCC(N)=O)N(C(=O)OCc2ccc([N+](=O)[O-])cc2)C1. The normalized spacial score (nSPS) is 17.9. The van der Waals surface area contributed by atoms with Crippen LogP contribution in [0, 0.1) is 10.1 Å². The predicted molar refractivity (Wildman–Crippen MR) is 145 cm³/mol. The molecule has 2 atom stereocenters. The third-order valence-electron chi connectivity index (χ3n) is 6.63. The van der Waals surface area contributed by atoms with E-state index in [-0.39, 0.29) is 48.4 Å². The molecule has 3 N–H and O–H groups in total. The molecule has 1 saturated heterocycles. The van der Waals surface area contributed by atoms with Gasteiger partial charge in [-0.05, 0) is 42.2 Å². The number of carbonyl (C=O) groups excluding carboxylic acids is 3. The van der Waals surface area contributed by atoms with Gasteiger partial charge in [-0.25, -0.2) is 4.79 Å². The van der Waals surface area contributed by atoms with Crippen LogP contribution in [-0.4, -0.2) is 72.8 Å². The van der Waals surface area contributed by atoms with Crippen LogP contribution in [0.5, 0.6) is 0 Å². The third kappa shape index (κ3) is 9.63. The van der Waals surface area contributed by atoms with Crippen LogP contribution >= 0.6 is 11.8 Å². The third-order valence-corrected chi connectivity index (χ3v) is 12.3. The van der Waals surface area contributed by atoms with Gasteiger partial charge in [0.15, 0.2) is 8.32 Å². The number of ether oxygens (including phenoxy) is 1. The number of amides is 3. The molecule has 13 heteroatoms. The van der Waals surface area contributed by atoms with Crippen LogP contribution < -0.4 is 11.1 Å². The molecule has 0 aromatic heterocycles. The van der Waals surface area contributed by atoms with Crippen LogP contribution in [0.3, 0.4) is 0 Å². The molecule has 0 saturated carbocycles. The van der Waals surface area contributed by atoms with Gasteiger partial charge in [-0.15, -0.1) is 0 Å². The van der Waals surface area contributed by atoms with Gasteiger partial charge in [-0.3, -0.25) is 19.7 Å². The van der Waals surface area contributed by atoms with Crippen molar-refractivity contribution in [3.8, 4) is 0 Å². The summed E-state index contributed by atoms with van der Waals surface area (Å²) in [6, 6.07) is 5.75. The number of likely N-dealkylation sites (tertiary alicyclic amines) is 1. The van der Waals surface area contributed by atoms with Crippen LogP contribution in [0.15, 0.2) is 24.3 Å². The average Bonchev–Trinajstić information content (AvgIpc) is 3.20. The van der Waals surface area contributed by atoms with E-state index >= 15 is 0 Å². The van der Waals surface area contributed by atoms with Crippen molar-refractivity contribution < 1.29 is 28.5 Å². The van der Waals surface area contributed by atoms with Gasteiger partial charge in [0, 0.05) is 42.6 Å². The minimum atomic E-state index is -2.05. The highest BCUT2D eigenvalue weighted by molar-refractivity contribution is 7.99. The summed E-state index contributed by atoms with van der Waals surface area (Å²) < 4.78 is 12.1. The van der Waals surface area contributed by atoms with Crippen molar-refractivity contribution in [2.24, 2.45) is 5.73 Å². The van der Waals surface area contributed by atoms with Crippen molar-refractivity contribution in [1.82, 2.24) is 10.2 Å². The molecule has 1 aromatic rings. The zero-order valence-corrected chi connectivity index (χ0v) is 24.0. The molecule has 2 rings (SSSR count). The average molecular weight is 555 g/mol. The number of nitro benzene ring substituents is 1. The highest BCUT2D eigenvalue weighted by Gasteiger charge is 2.44. The molecule has 0 aliphatic carbocycles. The molecule has 3 amide bonds. The van der Waals surface area contributed by atoms with Crippen molar-refractivity contribution >= 4 is 43.7 Å². The second kappa shape index (κ2) is 13.2. The molecule has 0 bridgehead atoms. The number of hydrogen-bond acceptors (Lipinski definition) is 8. The fraction of sp³-hybridized carbons (Fsp3) is 0.625. The van der Waals surface area contributed by atoms with Crippen LogP contribution in [-0.2, 0) is 25.4 Å². The van der Waals surface area contributed by atoms with Crippen LogP contribution in [0.1, 0.15) is 39.2 Å². The predicted octanol–water partition coefficient (Wildman–Crippen LogP) is 3.42. The lowest BCUT2D eigenvalue weighted by Gasteiger charge is -2.38. The Morgan fingerprint density at radius 2 is 1.89 bits per heavy atom. The second-order valence-electron chi connectivity index (χ2n) is 10.6. The number of nitrogens with zero attached hydrogens (tertiary/aromatic N) is 2. The van der Waals surface area contributed by atoms with E-state index < -0.39 is 25.2 Å². The Kier molecular flexibility index (Phi) is 10.9.